The van der Waals surface area contributed by atoms with E-state index in [0.717, 1.165) is 0 Å². The number of ether oxygens (including phenoxy) is 1. The summed E-state index contributed by atoms with van der Waals surface area (Å²) in [6, 6.07) is 1.71. The lowest BCUT2D eigenvalue weighted by molar-refractivity contribution is -0.139. The fourth-order valence-corrected chi connectivity index (χ4v) is 1.53. The Morgan fingerprint density at radius 1 is 1.47 bits per heavy atom. The third-order valence-corrected chi connectivity index (χ3v) is 2.26. The van der Waals surface area contributed by atoms with Crippen molar-refractivity contribution in [1.29, 1.82) is 0 Å². The Morgan fingerprint density at radius 2 is 2.13 bits per heavy atom. The lowest BCUT2D eigenvalue weighted by atomic mass is 9.89. The summed E-state index contributed by atoms with van der Waals surface area (Å²) < 4.78 is 5.01. The molecule has 82 valence electrons. The Hall–Kier alpha value is -1.58. The molecule has 0 saturated heterocycles. The first-order valence-electron chi connectivity index (χ1n) is 4.78. The molecular weight excluding hydrogens is 194 g/mol. The number of hydrogen-bond donors (Lipinski definition) is 1. The maximum Gasteiger partial charge on any atom is 0.311 e. The Morgan fingerprint density at radius 3 is 2.60 bits per heavy atom. The van der Waals surface area contributed by atoms with Gasteiger partial charge in [-0.25, -0.2) is 0 Å². The summed E-state index contributed by atoms with van der Waals surface area (Å²) in [5.41, 5.74) is 0.678. The SMILES string of the molecule is COc1cncc(C(C(=O)O)C(C)C)c1. The number of carbonyl (C=O) groups is 1. The van der Waals surface area contributed by atoms with Crippen molar-refractivity contribution in [3.63, 3.8) is 0 Å². The topological polar surface area (TPSA) is 59.4 Å². The van der Waals surface area contributed by atoms with Gasteiger partial charge in [-0.2, -0.15) is 0 Å². The van der Waals surface area contributed by atoms with E-state index in [4.69, 9.17) is 9.84 Å². The van der Waals surface area contributed by atoms with Crippen molar-refractivity contribution in [2.75, 3.05) is 7.11 Å². The number of pyridine rings is 1. The van der Waals surface area contributed by atoms with E-state index >= 15 is 0 Å². The van der Waals surface area contributed by atoms with Crippen molar-refractivity contribution in [2.45, 2.75) is 19.8 Å². The highest BCUT2D eigenvalue weighted by Gasteiger charge is 2.24. The maximum atomic E-state index is 11.1. The second kappa shape index (κ2) is 4.77. The Labute approximate surface area is 88.9 Å². The molecule has 4 nitrogen and oxygen atoms in total. The minimum absolute atomic E-state index is 0.0245. The molecule has 1 aromatic heterocycles. The highest BCUT2D eigenvalue weighted by atomic mass is 16.5. The van der Waals surface area contributed by atoms with Crippen LogP contribution >= 0.6 is 0 Å². The Balaban J connectivity index is 3.05. The molecule has 0 spiro atoms. The van der Waals surface area contributed by atoms with Crippen LogP contribution in [0.25, 0.3) is 0 Å². The van der Waals surface area contributed by atoms with E-state index in [0.29, 0.717) is 11.3 Å². The molecule has 0 aliphatic rings. The molecule has 1 unspecified atom stereocenters. The largest absolute Gasteiger partial charge is 0.495 e. The monoisotopic (exact) mass is 209 g/mol. The lowest BCUT2D eigenvalue weighted by Gasteiger charge is -2.16. The third kappa shape index (κ3) is 2.68. The highest BCUT2D eigenvalue weighted by Crippen LogP contribution is 2.26. The number of rotatable bonds is 4. The number of aromatic nitrogens is 1. The van der Waals surface area contributed by atoms with Crippen LogP contribution in [-0.4, -0.2) is 23.2 Å². The van der Waals surface area contributed by atoms with Crippen LogP contribution in [0.1, 0.15) is 25.3 Å². The summed E-state index contributed by atoms with van der Waals surface area (Å²) in [6.45, 7) is 3.75. The van der Waals surface area contributed by atoms with E-state index in [2.05, 4.69) is 4.98 Å². The number of aliphatic carboxylic acids is 1. The first-order chi connectivity index (χ1) is 7.06. The Kier molecular flexibility index (Phi) is 3.66. The van der Waals surface area contributed by atoms with E-state index in [1.807, 2.05) is 13.8 Å². The molecule has 1 rings (SSSR count). The zero-order valence-electron chi connectivity index (χ0n) is 9.10. The van der Waals surface area contributed by atoms with Crippen molar-refractivity contribution in [3.05, 3.63) is 24.0 Å². The lowest BCUT2D eigenvalue weighted by Crippen LogP contribution is -2.17. The molecule has 4 heteroatoms. The van der Waals surface area contributed by atoms with Crippen LogP contribution in [0.15, 0.2) is 18.5 Å². The number of nitrogens with zero attached hydrogens (tertiary/aromatic N) is 1. The molecule has 0 aromatic carbocycles. The zero-order valence-corrected chi connectivity index (χ0v) is 9.10. The van der Waals surface area contributed by atoms with Crippen molar-refractivity contribution in [1.82, 2.24) is 4.98 Å². The van der Waals surface area contributed by atoms with Crippen molar-refractivity contribution in [3.8, 4) is 5.75 Å². The summed E-state index contributed by atoms with van der Waals surface area (Å²) in [6.07, 6.45) is 3.13. The molecular formula is C11H15NO3. The summed E-state index contributed by atoms with van der Waals surface area (Å²) in [5.74, 6) is -0.761. The quantitative estimate of drug-likeness (QED) is 0.822. The second-order valence-electron chi connectivity index (χ2n) is 3.72. The van der Waals surface area contributed by atoms with Gasteiger partial charge < -0.3 is 9.84 Å². The summed E-state index contributed by atoms with van der Waals surface area (Å²) in [7, 11) is 1.53. The normalized spacial score (nSPS) is 12.5. The van der Waals surface area contributed by atoms with Gasteiger partial charge in [0.1, 0.15) is 5.75 Å². The summed E-state index contributed by atoms with van der Waals surface area (Å²) in [4.78, 5) is 15.0. The number of carboxylic acid groups (broad SMARTS) is 1. The number of carboxylic acids is 1. The van der Waals surface area contributed by atoms with Gasteiger partial charge in [0.2, 0.25) is 0 Å². The van der Waals surface area contributed by atoms with Crippen LogP contribution in [0.2, 0.25) is 0 Å². The predicted molar refractivity (Wildman–Crippen MR) is 56.0 cm³/mol. The van der Waals surface area contributed by atoms with Crippen LogP contribution in [0.4, 0.5) is 0 Å². The molecule has 0 fully saturated rings. The minimum atomic E-state index is -0.833. The number of methoxy groups -OCH3 is 1. The van der Waals surface area contributed by atoms with Gasteiger partial charge in [-0.1, -0.05) is 13.8 Å². The molecule has 1 N–H and O–H groups in total. The highest BCUT2D eigenvalue weighted by molar-refractivity contribution is 5.76. The van der Waals surface area contributed by atoms with E-state index in [1.165, 1.54) is 7.11 Å². The molecule has 1 aromatic rings. The van der Waals surface area contributed by atoms with Gasteiger partial charge in [-0.15, -0.1) is 0 Å². The standard InChI is InChI=1S/C11H15NO3/c1-7(2)10(11(13)14)8-4-9(15-3)6-12-5-8/h4-7,10H,1-3H3,(H,13,14). The predicted octanol–water partition coefficient (Wildman–Crippen LogP) is 1.91. The zero-order chi connectivity index (χ0) is 11.4. The first kappa shape index (κ1) is 11.5. The molecule has 0 aliphatic heterocycles. The molecule has 0 amide bonds. The van der Waals surface area contributed by atoms with Gasteiger partial charge >= 0.3 is 5.97 Å². The van der Waals surface area contributed by atoms with Crippen LogP contribution in [-0.2, 0) is 4.79 Å². The average Bonchev–Trinajstić information content (AvgIpc) is 2.17. The maximum absolute atomic E-state index is 11.1. The summed E-state index contributed by atoms with van der Waals surface area (Å²) in [5, 5.41) is 9.09. The number of hydrogen-bond acceptors (Lipinski definition) is 3. The van der Waals surface area contributed by atoms with E-state index in [-0.39, 0.29) is 5.92 Å². The molecule has 0 bridgehead atoms. The Bertz CT molecular complexity index is 349. The van der Waals surface area contributed by atoms with Crippen molar-refractivity contribution >= 4 is 5.97 Å². The van der Waals surface area contributed by atoms with Gasteiger partial charge in [0.05, 0.1) is 19.2 Å². The minimum Gasteiger partial charge on any atom is -0.495 e. The van der Waals surface area contributed by atoms with Gasteiger partial charge in [0.15, 0.2) is 0 Å². The molecule has 0 saturated carbocycles. The fraction of sp³-hybridized carbons (Fsp3) is 0.455. The van der Waals surface area contributed by atoms with Gasteiger partial charge in [0, 0.05) is 6.20 Å². The molecule has 15 heavy (non-hydrogen) atoms. The third-order valence-electron chi connectivity index (χ3n) is 2.26. The summed E-state index contributed by atoms with van der Waals surface area (Å²) >= 11 is 0. The van der Waals surface area contributed by atoms with Gasteiger partial charge in [0.25, 0.3) is 0 Å². The smallest absolute Gasteiger partial charge is 0.311 e. The van der Waals surface area contributed by atoms with Crippen LogP contribution in [0.5, 0.6) is 5.75 Å². The van der Waals surface area contributed by atoms with Crippen LogP contribution in [0.3, 0.4) is 0 Å². The first-order valence-corrected chi connectivity index (χ1v) is 4.78. The van der Waals surface area contributed by atoms with E-state index in [9.17, 15) is 4.79 Å². The molecule has 0 aliphatic carbocycles. The fourth-order valence-electron chi connectivity index (χ4n) is 1.53. The molecule has 1 atom stereocenters. The van der Waals surface area contributed by atoms with E-state index in [1.54, 1.807) is 18.5 Å². The molecule has 1 heterocycles. The van der Waals surface area contributed by atoms with Crippen molar-refractivity contribution < 1.29 is 14.6 Å². The van der Waals surface area contributed by atoms with E-state index < -0.39 is 11.9 Å². The van der Waals surface area contributed by atoms with Gasteiger partial charge in [-0.05, 0) is 17.5 Å². The van der Waals surface area contributed by atoms with Crippen molar-refractivity contribution in [2.24, 2.45) is 5.92 Å². The van der Waals surface area contributed by atoms with Gasteiger partial charge in [-0.3, -0.25) is 9.78 Å². The van der Waals surface area contributed by atoms with Crippen LogP contribution in [0, 0.1) is 5.92 Å². The molecule has 0 radical (unpaired) electrons. The average molecular weight is 209 g/mol. The van der Waals surface area contributed by atoms with Crippen LogP contribution < -0.4 is 4.74 Å². The second-order valence-corrected chi connectivity index (χ2v) is 3.72.